The molecular weight excluding hydrogens is 346 g/mol. The highest BCUT2D eigenvalue weighted by Gasteiger charge is 2.15. The highest BCUT2D eigenvalue weighted by molar-refractivity contribution is 6.32. The van der Waals surface area contributed by atoms with Crippen LogP contribution in [0.15, 0.2) is 36.4 Å². The Morgan fingerprint density at radius 3 is 2.56 bits per heavy atom. The van der Waals surface area contributed by atoms with Gasteiger partial charge in [0.2, 0.25) is 0 Å². The first-order valence-electron chi connectivity index (χ1n) is 7.53. The molecule has 0 aliphatic carbocycles. The van der Waals surface area contributed by atoms with E-state index in [9.17, 15) is 4.79 Å². The SMILES string of the molecule is COCCOc1cccc(NC(=O)c2cc(Cl)c(OC)c(OC)c2)c1. The summed E-state index contributed by atoms with van der Waals surface area (Å²) in [6.45, 7) is 0.917. The fraction of sp³-hybridized carbons (Fsp3) is 0.278. The largest absolute Gasteiger partial charge is 0.493 e. The number of halogens is 1. The molecule has 1 amide bonds. The zero-order valence-corrected chi connectivity index (χ0v) is 15.1. The third-order valence-corrected chi connectivity index (χ3v) is 3.62. The molecule has 0 aliphatic rings. The second-order valence-electron chi connectivity index (χ2n) is 5.02. The van der Waals surface area contributed by atoms with Gasteiger partial charge in [0.15, 0.2) is 11.5 Å². The summed E-state index contributed by atoms with van der Waals surface area (Å²) in [7, 11) is 4.57. The number of carbonyl (C=O) groups excluding carboxylic acids is 1. The van der Waals surface area contributed by atoms with E-state index in [-0.39, 0.29) is 5.91 Å². The third kappa shape index (κ3) is 5.01. The molecule has 0 aromatic heterocycles. The third-order valence-electron chi connectivity index (χ3n) is 3.34. The van der Waals surface area contributed by atoms with E-state index >= 15 is 0 Å². The topological polar surface area (TPSA) is 66.0 Å². The molecule has 0 saturated heterocycles. The first kappa shape index (κ1) is 18.9. The molecule has 134 valence electrons. The van der Waals surface area contributed by atoms with E-state index in [1.807, 2.05) is 0 Å². The Morgan fingerprint density at radius 2 is 1.88 bits per heavy atom. The Labute approximate surface area is 151 Å². The number of rotatable bonds is 8. The van der Waals surface area contributed by atoms with E-state index in [4.69, 9.17) is 30.5 Å². The lowest BCUT2D eigenvalue weighted by Crippen LogP contribution is -2.12. The van der Waals surface area contributed by atoms with Gasteiger partial charge in [0, 0.05) is 24.4 Å². The second kappa shape index (κ2) is 9.15. The monoisotopic (exact) mass is 365 g/mol. The summed E-state index contributed by atoms with van der Waals surface area (Å²) in [5, 5.41) is 3.09. The van der Waals surface area contributed by atoms with Gasteiger partial charge in [-0.1, -0.05) is 17.7 Å². The van der Waals surface area contributed by atoms with Crippen LogP contribution in [-0.2, 0) is 4.74 Å². The molecular formula is C18H20ClNO5. The van der Waals surface area contributed by atoms with Crippen LogP contribution < -0.4 is 19.5 Å². The summed E-state index contributed by atoms with van der Waals surface area (Å²) in [4.78, 5) is 12.5. The van der Waals surface area contributed by atoms with Crippen LogP contribution in [0.1, 0.15) is 10.4 Å². The van der Waals surface area contributed by atoms with Crippen molar-refractivity contribution in [3.05, 3.63) is 47.0 Å². The number of carbonyl (C=O) groups is 1. The molecule has 1 N–H and O–H groups in total. The zero-order chi connectivity index (χ0) is 18.2. The van der Waals surface area contributed by atoms with Gasteiger partial charge in [-0.3, -0.25) is 4.79 Å². The molecule has 0 atom stereocenters. The average molecular weight is 366 g/mol. The van der Waals surface area contributed by atoms with E-state index in [0.29, 0.717) is 46.7 Å². The lowest BCUT2D eigenvalue weighted by atomic mass is 10.1. The van der Waals surface area contributed by atoms with Crippen LogP contribution in [0.3, 0.4) is 0 Å². The lowest BCUT2D eigenvalue weighted by molar-refractivity contribution is 0.102. The molecule has 7 heteroatoms. The molecule has 0 saturated carbocycles. The van der Waals surface area contributed by atoms with E-state index in [1.165, 1.54) is 20.3 Å². The van der Waals surface area contributed by atoms with Crippen molar-refractivity contribution in [2.75, 3.05) is 39.9 Å². The van der Waals surface area contributed by atoms with Crippen molar-refractivity contribution in [1.29, 1.82) is 0 Å². The maximum absolute atomic E-state index is 12.5. The predicted molar refractivity (Wildman–Crippen MR) is 96.3 cm³/mol. The first-order chi connectivity index (χ1) is 12.1. The summed E-state index contributed by atoms with van der Waals surface area (Å²) < 4.78 is 20.8. The van der Waals surface area contributed by atoms with Crippen molar-refractivity contribution in [3.63, 3.8) is 0 Å². The summed E-state index contributed by atoms with van der Waals surface area (Å²) in [6, 6.07) is 10.2. The smallest absolute Gasteiger partial charge is 0.255 e. The molecule has 0 fully saturated rings. The van der Waals surface area contributed by atoms with Gasteiger partial charge in [0.05, 0.1) is 25.8 Å². The molecule has 25 heavy (non-hydrogen) atoms. The number of hydrogen-bond donors (Lipinski definition) is 1. The fourth-order valence-electron chi connectivity index (χ4n) is 2.16. The van der Waals surface area contributed by atoms with Gasteiger partial charge in [-0.2, -0.15) is 0 Å². The van der Waals surface area contributed by atoms with E-state index in [2.05, 4.69) is 5.32 Å². The molecule has 2 rings (SSSR count). The minimum Gasteiger partial charge on any atom is -0.493 e. The Morgan fingerprint density at radius 1 is 1.08 bits per heavy atom. The highest BCUT2D eigenvalue weighted by atomic mass is 35.5. The molecule has 2 aromatic carbocycles. The van der Waals surface area contributed by atoms with Gasteiger partial charge in [-0.05, 0) is 24.3 Å². The number of hydrogen-bond acceptors (Lipinski definition) is 5. The minimum atomic E-state index is -0.322. The van der Waals surface area contributed by atoms with E-state index in [0.717, 1.165) is 0 Å². The standard InChI is InChI=1S/C18H20ClNO5/c1-22-7-8-25-14-6-4-5-13(11-14)20-18(21)12-9-15(19)17(24-3)16(10-12)23-2/h4-6,9-11H,7-8H2,1-3H3,(H,20,21). The number of benzene rings is 2. The van der Waals surface area contributed by atoms with Crippen LogP contribution in [0.25, 0.3) is 0 Å². The maximum Gasteiger partial charge on any atom is 0.255 e. The van der Waals surface area contributed by atoms with Crippen molar-refractivity contribution in [1.82, 2.24) is 0 Å². The summed E-state index contributed by atoms with van der Waals surface area (Å²) in [5.41, 5.74) is 0.958. The zero-order valence-electron chi connectivity index (χ0n) is 14.3. The summed E-state index contributed by atoms with van der Waals surface area (Å²) in [5.74, 6) is 1.09. The van der Waals surface area contributed by atoms with Crippen LogP contribution in [0, 0.1) is 0 Å². The highest BCUT2D eigenvalue weighted by Crippen LogP contribution is 2.36. The number of anilines is 1. The van der Waals surface area contributed by atoms with Crippen LogP contribution in [0.4, 0.5) is 5.69 Å². The predicted octanol–water partition coefficient (Wildman–Crippen LogP) is 3.63. The van der Waals surface area contributed by atoms with Gasteiger partial charge in [0.1, 0.15) is 12.4 Å². The molecule has 0 heterocycles. The van der Waals surface area contributed by atoms with Crippen molar-refractivity contribution >= 4 is 23.2 Å². The van der Waals surface area contributed by atoms with Crippen molar-refractivity contribution in [2.45, 2.75) is 0 Å². The van der Waals surface area contributed by atoms with Gasteiger partial charge < -0.3 is 24.3 Å². The first-order valence-corrected chi connectivity index (χ1v) is 7.91. The molecule has 0 aliphatic heterocycles. The van der Waals surface area contributed by atoms with E-state index in [1.54, 1.807) is 37.4 Å². The Bertz CT molecular complexity index is 735. The summed E-state index contributed by atoms with van der Waals surface area (Å²) >= 11 is 6.14. The second-order valence-corrected chi connectivity index (χ2v) is 5.42. The average Bonchev–Trinajstić information content (AvgIpc) is 2.61. The molecule has 6 nitrogen and oxygen atoms in total. The van der Waals surface area contributed by atoms with Crippen molar-refractivity contribution in [2.24, 2.45) is 0 Å². The van der Waals surface area contributed by atoms with Crippen LogP contribution in [-0.4, -0.2) is 40.5 Å². The maximum atomic E-state index is 12.5. The normalized spacial score (nSPS) is 10.2. The molecule has 2 aromatic rings. The van der Waals surface area contributed by atoms with Crippen molar-refractivity contribution in [3.8, 4) is 17.2 Å². The quantitative estimate of drug-likeness (QED) is 0.723. The number of nitrogens with one attached hydrogen (secondary N) is 1. The van der Waals surface area contributed by atoms with Gasteiger partial charge >= 0.3 is 0 Å². The molecule has 0 radical (unpaired) electrons. The molecule has 0 bridgehead atoms. The van der Waals surface area contributed by atoms with Crippen LogP contribution in [0.5, 0.6) is 17.2 Å². The van der Waals surface area contributed by atoms with Gasteiger partial charge in [-0.15, -0.1) is 0 Å². The lowest BCUT2D eigenvalue weighted by Gasteiger charge is -2.12. The minimum absolute atomic E-state index is 0.295. The Hall–Kier alpha value is -2.44. The Balaban J connectivity index is 2.14. The Kier molecular flexibility index (Phi) is 6.91. The van der Waals surface area contributed by atoms with Crippen molar-refractivity contribution < 1.29 is 23.7 Å². The number of amides is 1. The fourth-order valence-corrected chi connectivity index (χ4v) is 2.45. The van der Waals surface area contributed by atoms with Crippen LogP contribution >= 0.6 is 11.6 Å². The van der Waals surface area contributed by atoms with E-state index < -0.39 is 0 Å². The number of methoxy groups -OCH3 is 3. The van der Waals surface area contributed by atoms with Crippen LogP contribution in [0.2, 0.25) is 5.02 Å². The number of ether oxygens (including phenoxy) is 4. The molecule has 0 spiro atoms. The van der Waals surface area contributed by atoms with Gasteiger partial charge in [-0.25, -0.2) is 0 Å². The summed E-state index contributed by atoms with van der Waals surface area (Å²) in [6.07, 6.45) is 0. The van der Waals surface area contributed by atoms with Gasteiger partial charge in [0.25, 0.3) is 5.91 Å². The molecule has 0 unspecified atom stereocenters.